The van der Waals surface area contributed by atoms with Crippen molar-refractivity contribution in [3.05, 3.63) is 40.8 Å². The van der Waals surface area contributed by atoms with E-state index in [1.165, 1.54) is 0 Å². The Labute approximate surface area is 158 Å². The number of benzene rings is 1. The summed E-state index contributed by atoms with van der Waals surface area (Å²) < 4.78 is 1.85. The van der Waals surface area contributed by atoms with E-state index in [4.69, 9.17) is 26.7 Å². The van der Waals surface area contributed by atoms with Gasteiger partial charge < -0.3 is 9.80 Å². The first kappa shape index (κ1) is 17.2. The molecule has 7 heteroatoms. The van der Waals surface area contributed by atoms with Crippen molar-refractivity contribution in [2.45, 2.75) is 20.3 Å². The molecule has 0 bridgehead atoms. The molecule has 0 N–H and O–H groups in total. The number of hydrogen-bond acceptors (Lipinski definition) is 5. The molecule has 0 aliphatic carbocycles. The molecule has 26 heavy (non-hydrogen) atoms. The van der Waals surface area contributed by atoms with Crippen LogP contribution >= 0.6 is 11.6 Å². The van der Waals surface area contributed by atoms with Crippen LogP contribution in [0.25, 0.3) is 16.7 Å². The summed E-state index contributed by atoms with van der Waals surface area (Å²) in [6, 6.07) is 7.74. The van der Waals surface area contributed by atoms with Crippen molar-refractivity contribution in [1.29, 1.82) is 0 Å². The third-order valence-electron chi connectivity index (χ3n) is 4.93. The van der Waals surface area contributed by atoms with Gasteiger partial charge in [0.05, 0.1) is 21.8 Å². The van der Waals surface area contributed by atoms with E-state index in [0.717, 1.165) is 66.7 Å². The SMILES string of the molecule is CCc1nc(N2CCN(C)CC2)c2c(C)nn(-c3ccccc3Cl)c2n1. The Morgan fingerprint density at radius 2 is 1.81 bits per heavy atom. The smallest absolute Gasteiger partial charge is 0.169 e. The Kier molecular flexibility index (Phi) is 4.54. The molecule has 6 nitrogen and oxygen atoms in total. The Morgan fingerprint density at radius 1 is 1.08 bits per heavy atom. The third kappa shape index (κ3) is 2.93. The molecule has 136 valence electrons. The quantitative estimate of drug-likeness (QED) is 0.709. The van der Waals surface area contributed by atoms with E-state index >= 15 is 0 Å². The van der Waals surface area contributed by atoms with E-state index in [1.807, 2.05) is 35.9 Å². The zero-order valence-corrected chi connectivity index (χ0v) is 16.2. The van der Waals surface area contributed by atoms with Gasteiger partial charge in [-0.25, -0.2) is 14.6 Å². The van der Waals surface area contributed by atoms with Crippen LogP contribution in [0, 0.1) is 6.92 Å². The van der Waals surface area contributed by atoms with Gasteiger partial charge in [-0.15, -0.1) is 0 Å². The van der Waals surface area contributed by atoms with Gasteiger partial charge in [-0.3, -0.25) is 0 Å². The molecule has 4 rings (SSSR count). The van der Waals surface area contributed by atoms with Crippen LogP contribution in [0.4, 0.5) is 5.82 Å². The van der Waals surface area contributed by atoms with E-state index in [1.54, 1.807) is 0 Å². The maximum absolute atomic E-state index is 6.43. The number of rotatable bonds is 3. The maximum atomic E-state index is 6.43. The molecule has 1 saturated heterocycles. The van der Waals surface area contributed by atoms with Gasteiger partial charge in [0.25, 0.3) is 0 Å². The van der Waals surface area contributed by atoms with Crippen LogP contribution in [-0.2, 0) is 6.42 Å². The van der Waals surface area contributed by atoms with Crippen LogP contribution in [0.15, 0.2) is 24.3 Å². The van der Waals surface area contributed by atoms with Crippen LogP contribution in [0.5, 0.6) is 0 Å². The lowest BCUT2D eigenvalue weighted by molar-refractivity contribution is 0.312. The average Bonchev–Trinajstić information content (AvgIpc) is 2.98. The molecule has 3 aromatic rings. The largest absolute Gasteiger partial charge is 0.353 e. The number of aryl methyl sites for hydroxylation is 2. The van der Waals surface area contributed by atoms with Crippen LogP contribution in [0.3, 0.4) is 0 Å². The van der Waals surface area contributed by atoms with Crippen molar-refractivity contribution >= 4 is 28.5 Å². The first-order valence-electron chi connectivity index (χ1n) is 9.03. The molecule has 1 fully saturated rings. The minimum absolute atomic E-state index is 0.662. The van der Waals surface area contributed by atoms with E-state index in [-0.39, 0.29) is 0 Å². The fourth-order valence-electron chi connectivity index (χ4n) is 3.40. The monoisotopic (exact) mass is 370 g/mol. The topological polar surface area (TPSA) is 50.1 Å². The van der Waals surface area contributed by atoms with Crippen LogP contribution in [-0.4, -0.2) is 57.9 Å². The number of anilines is 1. The number of hydrogen-bond donors (Lipinski definition) is 0. The highest BCUT2D eigenvalue weighted by molar-refractivity contribution is 6.32. The molecular formula is C19H23ClN6. The molecule has 0 saturated carbocycles. The van der Waals surface area contributed by atoms with Crippen molar-refractivity contribution in [3.63, 3.8) is 0 Å². The van der Waals surface area contributed by atoms with Gasteiger partial charge in [-0.1, -0.05) is 30.7 Å². The number of piperazine rings is 1. The highest BCUT2D eigenvalue weighted by Crippen LogP contribution is 2.31. The number of likely N-dealkylation sites (N-methyl/N-ethyl adjacent to an activating group) is 1. The molecule has 0 spiro atoms. The van der Waals surface area contributed by atoms with Gasteiger partial charge in [0.15, 0.2) is 5.65 Å². The van der Waals surface area contributed by atoms with Gasteiger partial charge in [0.1, 0.15) is 11.6 Å². The minimum Gasteiger partial charge on any atom is -0.353 e. The molecular weight excluding hydrogens is 348 g/mol. The number of para-hydroxylation sites is 1. The fourth-order valence-corrected chi connectivity index (χ4v) is 3.62. The first-order chi connectivity index (χ1) is 12.6. The Morgan fingerprint density at radius 3 is 2.50 bits per heavy atom. The van der Waals surface area contributed by atoms with Gasteiger partial charge in [-0.2, -0.15) is 5.10 Å². The van der Waals surface area contributed by atoms with Crippen molar-refractivity contribution in [1.82, 2.24) is 24.6 Å². The summed E-state index contributed by atoms with van der Waals surface area (Å²) in [5, 5.41) is 6.44. The fraction of sp³-hybridized carbons (Fsp3) is 0.421. The standard InChI is InChI=1S/C19H23ClN6/c1-4-16-21-18(25-11-9-24(3)10-12-25)17-13(2)23-26(19(17)22-16)15-8-6-5-7-14(15)20/h5-8H,4,9-12H2,1-3H3. The second-order valence-electron chi connectivity index (χ2n) is 6.75. The number of nitrogens with zero attached hydrogens (tertiary/aromatic N) is 6. The van der Waals surface area contributed by atoms with E-state index in [2.05, 4.69) is 23.8 Å². The Hall–Kier alpha value is -2.18. The number of fused-ring (bicyclic) bond motifs is 1. The summed E-state index contributed by atoms with van der Waals surface area (Å²) in [4.78, 5) is 14.4. The maximum Gasteiger partial charge on any atom is 0.169 e. The van der Waals surface area contributed by atoms with Crippen molar-refractivity contribution in [2.24, 2.45) is 0 Å². The summed E-state index contributed by atoms with van der Waals surface area (Å²) in [7, 11) is 2.16. The number of aromatic nitrogens is 4. The molecule has 0 atom stereocenters. The molecule has 0 unspecified atom stereocenters. The van der Waals surface area contributed by atoms with Crippen LogP contribution in [0.2, 0.25) is 5.02 Å². The lowest BCUT2D eigenvalue weighted by atomic mass is 10.2. The first-order valence-corrected chi connectivity index (χ1v) is 9.41. The van der Waals surface area contributed by atoms with Crippen molar-refractivity contribution in [2.75, 3.05) is 38.1 Å². The van der Waals surface area contributed by atoms with Gasteiger partial charge >= 0.3 is 0 Å². The highest BCUT2D eigenvalue weighted by atomic mass is 35.5. The molecule has 1 aliphatic heterocycles. The highest BCUT2D eigenvalue weighted by Gasteiger charge is 2.23. The lowest BCUT2D eigenvalue weighted by Gasteiger charge is -2.33. The molecule has 1 aromatic carbocycles. The molecule has 3 heterocycles. The summed E-state index contributed by atoms with van der Waals surface area (Å²) in [5.74, 6) is 1.83. The third-order valence-corrected chi connectivity index (χ3v) is 5.25. The second kappa shape index (κ2) is 6.85. The zero-order valence-electron chi connectivity index (χ0n) is 15.4. The van der Waals surface area contributed by atoms with Crippen LogP contribution < -0.4 is 4.90 Å². The van der Waals surface area contributed by atoms with E-state index in [9.17, 15) is 0 Å². The normalized spacial score (nSPS) is 15.8. The Bertz CT molecular complexity index is 943. The molecule has 2 aromatic heterocycles. The average molecular weight is 371 g/mol. The Balaban J connectivity index is 1.92. The number of halogens is 1. The lowest BCUT2D eigenvalue weighted by Crippen LogP contribution is -2.45. The molecule has 1 aliphatic rings. The predicted octanol–water partition coefficient (Wildman–Crippen LogP) is 3.09. The van der Waals surface area contributed by atoms with Crippen LogP contribution in [0.1, 0.15) is 18.4 Å². The van der Waals surface area contributed by atoms with Gasteiger partial charge in [-0.05, 0) is 26.1 Å². The van der Waals surface area contributed by atoms with Crippen molar-refractivity contribution in [3.8, 4) is 5.69 Å². The van der Waals surface area contributed by atoms with Gasteiger partial charge in [0, 0.05) is 32.6 Å². The summed E-state index contributed by atoms with van der Waals surface area (Å²) in [6.07, 6.45) is 0.781. The molecule has 0 amide bonds. The molecule has 0 radical (unpaired) electrons. The van der Waals surface area contributed by atoms with Gasteiger partial charge in [0.2, 0.25) is 0 Å². The summed E-state index contributed by atoms with van der Waals surface area (Å²) >= 11 is 6.43. The van der Waals surface area contributed by atoms with Crippen molar-refractivity contribution < 1.29 is 0 Å². The van der Waals surface area contributed by atoms with E-state index < -0.39 is 0 Å². The summed E-state index contributed by atoms with van der Waals surface area (Å²) in [6.45, 7) is 8.09. The zero-order chi connectivity index (χ0) is 18.3. The minimum atomic E-state index is 0.662. The second-order valence-corrected chi connectivity index (χ2v) is 7.16. The summed E-state index contributed by atoms with van der Waals surface area (Å²) in [5.41, 5.74) is 2.60. The van der Waals surface area contributed by atoms with E-state index in [0.29, 0.717) is 5.02 Å². The predicted molar refractivity (Wildman–Crippen MR) is 105 cm³/mol.